The Labute approximate surface area is 126 Å². The number of rotatable bonds is 2. The molecule has 21 heavy (non-hydrogen) atoms. The molecule has 0 radical (unpaired) electrons. The number of hydrogen-bond acceptors (Lipinski definition) is 4. The van der Waals surface area contributed by atoms with E-state index in [9.17, 15) is 0 Å². The zero-order valence-electron chi connectivity index (χ0n) is 11.9. The SMILES string of the molecule is CCc1cccc(-c2nc3c(ncc4ncn(C)c43)s2)c1. The van der Waals surface area contributed by atoms with Crippen LogP contribution in [0.1, 0.15) is 12.5 Å². The minimum Gasteiger partial charge on any atom is -0.332 e. The van der Waals surface area contributed by atoms with Gasteiger partial charge in [-0.2, -0.15) is 0 Å². The predicted octanol–water partition coefficient (Wildman–Crippen LogP) is 3.81. The van der Waals surface area contributed by atoms with Gasteiger partial charge in [0.2, 0.25) is 0 Å². The first-order valence-corrected chi connectivity index (χ1v) is 7.74. The van der Waals surface area contributed by atoms with Gasteiger partial charge in [-0.3, -0.25) is 0 Å². The molecule has 0 aliphatic rings. The van der Waals surface area contributed by atoms with Crippen molar-refractivity contribution in [2.45, 2.75) is 13.3 Å². The summed E-state index contributed by atoms with van der Waals surface area (Å²) >= 11 is 1.63. The maximum atomic E-state index is 4.81. The fourth-order valence-corrected chi connectivity index (χ4v) is 3.46. The van der Waals surface area contributed by atoms with E-state index in [1.807, 2.05) is 24.1 Å². The third-order valence-electron chi connectivity index (χ3n) is 3.69. The molecule has 0 amide bonds. The van der Waals surface area contributed by atoms with Gasteiger partial charge < -0.3 is 4.57 Å². The van der Waals surface area contributed by atoms with Crippen LogP contribution in [0.3, 0.4) is 0 Å². The van der Waals surface area contributed by atoms with Crippen LogP contribution in [0.5, 0.6) is 0 Å². The van der Waals surface area contributed by atoms with Gasteiger partial charge in [-0.15, -0.1) is 0 Å². The first-order chi connectivity index (χ1) is 10.3. The molecule has 104 valence electrons. The number of thiazole rings is 1. The van der Waals surface area contributed by atoms with E-state index in [0.29, 0.717) is 0 Å². The van der Waals surface area contributed by atoms with Crippen LogP contribution in [0.25, 0.3) is 32.0 Å². The highest BCUT2D eigenvalue weighted by atomic mass is 32.1. The summed E-state index contributed by atoms with van der Waals surface area (Å²) in [4.78, 5) is 14.6. The third-order valence-corrected chi connectivity index (χ3v) is 4.70. The summed E-state index contributed by atoms with van der Waals surface area (Å²) < 4.78 is 2.01. The van der Waals surface area contributed by atoms with E-state index in [1.54, 1.807) is 11.3 Å². The van der Waals surface area contributed by atoms with Crippen molar-refractivity contribution in [2.75, 3.05) is 0 Å². The van der Waals surface area contributed by atoms with Gasteiger partial charge in [0, 0.05) is 12.6 Å². The van der Waals surface area contributed by atoms with Crippen LogP contribution in [-0.2, 0) is 13.5 Å². The first kappa shape index (κ1) is 12.5. The molecule has 3 heterocycles. The minimum absolute atomic E-state index is 0.893. The fraction of sp³-hybridized carbons (Fsp3) is 0.188. The topological polar surface area (TPSA) is 43.6 Å². The molecule has 0 saturated carbocycles. The van der Waals surface area contributed by atoms with Crippen molar-refractivity contribution in [1.29, 1.82) is 0 Å². The third kappa shape index (κ3) is 1.93. The molecule has 4 rings (SSSR count). The molecule has 5 heteroatoms. The quantitative estimate of drug-likeness (QED) is 0.564. The minimum atomic E-state index is 0.893. The number of pyridine rings is 1. The summed E-state index contributed by atoms with van der Waals surface area (Å²) in [5, 5.41) is 1.02. The van der Waals surface area contributed by atoms with Crippen LogP contribution in [0, 0.1) is 0 Å². The zero-order valence-corrected chi connectivity index (χ0v) is 12.7. The molecule has 1 aromatic carbocycles. The van der Waals surface area contributed by atoms with Crippen LogP contribution < -0.4 is 0 Å². The second-order valence-electron chi connectivity index (χ2n) is 5.07. The maximum Gasteiger partial charge on any atom is 0.146 e. The van der Waals surface area contributed by atoms with Crippen LogP contribution in [0.4, 0.5) is 0 Å². The number of fused-ring (bicyclic) bond motifs is 3. The number of aryl methyl sites for hydroxylation is 2. The predicted molar refractivity (Wildman–Crippen MR) is 86.5 cm³/mol. The molecular formula is C16H14N4S. The smallest absolute Gasteiger partial charge is 0.146 e. The molecule has 0 aliphatic heterocycles. The zero-order chi connectivity index (χ0) is 14.4. The van der Waals surface area contributed by atoms with Crippen molar-refractivity contribution in [1.82, 2.24) is 19.5 Å². The van der Waals surface area contributed by atoms with Gasteiger partial charge in [0.05, 0.1) is 18.0 Å². The Balaban J connectivity index is 1.97. The Kier molecular flexibility index (Phi) is 2.75. The summed E-state index contributed by atoms with van der Waals surface area (Å²) in [6.45, 7) is 2.16. The molecule has 0 spiro atoms. The lowest BCUT2D eigenvalue weighted by atomic mass is 10.1. The van der Waals surface area contributed by atoms with Crippen molar-refractivity contribution in [3.8, 4) is 10.6 Å². The monoisotopic (exact) mass is 294 g/mol. The number of imidazole rings is 1. The summed E-state index contributed by atoms with van der Waals surface area (Å²) in [5.74, 6) is 0. The highest BCUT2D eigenvalue weighted by Crippen LogP contribution is 2.32. The van der Waals surface area contributed by atoms with E-state index in [2.05, 4.69) is 41.2 Å². The van der Waals surface area contributed by atoms with Gasteiger partial charge in [-0.05, 0) is 18.1 Å². The van der Waals surface area contributed by atoms with E-state index < -0.39 is 0 Å². The number of aromatic nitrogens is 4. The Bertz CT molecular complexity index is 951. The van der Waals surface area contributed by atoms with Crippen LogP contribution in [-0.4, -0.2) is 19.5 Å². The van der Waals surface area contributed by atoms with E-state index >= 15 is 0 Å². The van der Waals surface area contributed by atoms with Gasteiger partial charge in [-0.25, -0.2) is 15.0 Å². The summed E-state index contributed by atoms with van der Waals surface area (Å²) in [6.07, 6.45) is 4.66. The molecule has 4 nitrogen and oxygen atoms in total. The largest absolute Gasteiger partial charge is 0.332 e. The van der Waals surface area contributed by atoms with Gasteiger partial charge in [0.1, 0.15) is 20.9 Å². The lowest BCUT2D eigenvalue weighted by Crippen LogP contribution is -1.86. The Morgan fingerprint density at radius 1 is 1.24 bits per heavy atom. The summed E-state index contributed by atoms with van der Waals surface area (Å²) in [7, 11) is 1.99. The molecule has 4 aromatic rings. The Morgan fingerprint density at radius 3 is 3.00 bits per heavy atom. The number of nitrogens with zero attached hydrogens (tertiary/aromatic N) is 4. The van der Waals surface area contributed by atoms with Crippen molar-refractivity contribution >= 4 is 32.7 Å². The highest BCUT2D eigenvalue weighted by Gasteiger charge is 2.13. The molecular weight excluding hydrogens is 280 g/mol. The Morgan fingerprint density at radius 2 is 2.14 bits per heavy atom. The second kappa shape index (κ2) is 4.63. The molecule has 0 saturated heterocycles. The van der Waals surface area contributed by atoms with Gasteiger partial charge in [-0.1, -0.05) is 36.5 Å². The normalized spacial score (nSPS) is 11.5. The van der Waals surface area contributed by atoms with Crippen molar-refractivity contribution in [3.63, 3.8) is 0 Å². The van der Waals surface area contributed by atoms with E-state index in [-0.39, 0.29) is 0 Å². The molecule has 0 atom stereocenters. The fourth-order valence-electron chi connectivity index (χ4n) is 2.55. The first-order valence-electron chi connectivity index (χ1n) is 6.92. The Hall–Kier alpha value is -2.27. The lowest BCUT2D eigenvalue weighted by Gasteiger charge is -1.99. The van der Waals surface area contributed by atoms with Crippen LogP contribution >= 0.6 is 11.3 Å². The second-order valence-corrected chi connectivity index (χ2v) is 6.05. The van der Waals surface area contributed by atoms with Crippen molar-refractivity contribution in [2.24, 2.45) is 7.05 Å². The average Bonchev–Trinajstić information content (AvgIpc) is 3.10. The highest BCUT2D eigenvalue weighted by molar-refractivity contribution is 7.21. The van der Waals surface area contributed by atoms with Crippen LogP contribution in [0.2, 0.25) is 0 Å². The van der Waals surface area contributed by atoms with E-state index in [0.717, 1.165) is 38.4 Å². The van der Waals surface area contributed by atoms with Crippen molar-refractivity contribution < 1.29 is 0 Å². The molecule has 0 bridgehead atoms. The van der Waals surface area contributed by atoms with Crippen LogP contribution in [0.15, 0.2) is 36.8 Å². The van der Waals surface area contributed by atoms with Crippen molar-refractivity contribution in [3.05, 3.63) is 42.4 Å². The summed E-state index contributed by atoms with van der Waals surface area (Å²) in [6, 6.07) is 8.55. The molecule has 3 aromatic heterocycles. The van der Waals surface area contributed by atoms with E-state index in [1.165, 1.54) is 5.56 Å². The molecule has 0 aliphatic carbocycles. The van der Waals surface area contributed by atoms with Gasteiger partial charge in [0.25, 0.3) is 0 Å². The average molecular weight is 294 g/mol. The van der Waals surface area contributed by atoms with Gasteiger partial charge >= 0.3 is 0 Å². The molecule has 0 fully saturated rings. The van der Waals surface area contributed by atoms with Gasteiger partial charge in [0.15, 0.2) is 0 Å². The number of hydrogen-bond donors (Lipinski definition) is 0. The lowest BCUT2D eigenvalue weighted by molar-refractivity contribution is 0.949. The van der Waals surface area contributed by atoms with E-state index in [4.69, 9.17) is 4.98 Å². The summed E-state index contributed by atoms with van der Waals surface area (Å²) in [5.41, 5.74) is 5.37. The maximum absolute atomic E-state index is 4.81. The standard InChI is InChI=1S/C16H14N4S/c1-3-10-5-4-6-11(7-10)15-19-13-14-12(18-9-20(14)2)8-17-16(13)21-15/h4-9H,3H2,1-2H3. The molecule has 0 unspecified atom stereocenters. The number of benzene rings is 1. The molecule has 0 N–H and O–H groups in total.